The summed E-state index contributed by atoms with van der Waals surface area (Å²) in [5, 5.41) is 2.42. The normalized spacial score (nSPS) is 12.4. The summed E-state index contributed by atoms with van der Waals surface area (Å²) in [6.07, 6.45) is 0. The van der Waals surface area contributed by atoms with Gasteiger partial charge in [-0.1, -0.05) is 237 Å². The Kier molecular flexibility index (Phi) is 9.81. The Morgan fingerprint density at radius 1 is 0.242 bits per heavy atom. The Balaban J connectivity index is 1.06. The van der Waals surface area contributed by atoms with E-state index in [0.29, 0.717) is 0 Å². The van der Waals surface area contributed by atoms with Gasteiger partial charge in [0.15, 0.2) is 0 Å². The summed E-state index contributed by atoms with van der Waals surface area (Å²) < 4.78 is 0. The van der Waals surface area contributed by atoms with E-state index in [0.717, 1.165) is 22.6 Å². The second-order valence-electron chi connectivity index (χ2n) is 17.2. The van der Waals surface area contributed by atoms with Crippen molar-refractivity contribution in [1.82, 2.24) is 0 Å². The molecule has 0 saturated heterocycles. The van der Waals surface area contributed by atoms with E-state index >= 15 is 0 Å². The fraction of sp³-hybridized carbons (Fsp3) is 0.0154. The van der Waals surface area contributed by atoms with Gasteiger partial charge in [0.2, 0.25) is 0 Å². The average Bonchev–Trinajstić information content (AvgIpc) is 3.70. The molecule has 12 rings (SSSR count). The average molecular weight is 840 g/mol. The fourth-order valence-corrected chi connectivity index (χ4v) is 10.6. The number of anilines is 3. The molecule has 0 aliphatic heterocycles. The number of hydrogen-bond acceptors (Lipinski definition) is 1. The van der Waals surface area contributed by atoms with E-state index in [1.807, 2.05) is 0 Å². The molecule has 0 atom stereocenters. The number of nitrogens with zero attached hydrogens (tertiary/aromatic N) is 1. The van der Waals surface area contributed by atoms with Gasteiger partial charge in [-0.05, 0) is 125 Å². The molecule has 1 heteroatoms. The van der Waals surface area contributed by atoms with Crippen LogP contribution in [-0.2, 0) is 5.41 Å². The minimum atomic E-state index is -0.514. The van der Waals surface area contributed by atoms with Gasteiger partial charge in [0.05, 0.1) is 5.41 Å². The van der Waals surface area contributed by atoms with Crippen LogP contribution in [0.2, 0.25) is 0 Å². The third-order valence-electron chi connectivity index (χ3n) is 13.6. The fourth-order valence-electron chi connectivity index (χ4n) is 10.6. The van der Waals surface area contributed by atoms with E-state index in [9.17, 15) is 0 Å². The lowest BCUT2D eigenvalue weighted by molar-refractivity contribution is 0.768. The number of rotatable bonds is 9. The van der Waals surface area contributed by atoms with Crippen LogP contribution in [0.5, 0.6) is 0 Å². The van der Waals surface area contributed by atoms with Crippen molar-refractivity contribution in [3.63, 3.8) is 0 Å². The smallest absolute Gasteiger partial charge is 0.0714 e. The van der Waals surface area contributed by atoms with E-state index < -0.39 is 5.41 Å². The van der Waals surface area contributed by atoms with Gasteiger partial charge in [-0.15, -0.1) is 0 Å². The van der Waals surface area contributed by atoms with Gasteiger partial charge in [0.1, 0.15) is 0 Å². The van der Waals surface area contributed by atoms with Crippen molar-refractivity contribution in [2.24, 2.45) is 0 Å². The second-order valence-corrected chi connectivity index (χ2v) is 17.2. The van der Waals surface area contributed by atoms with Crippen LogP contribution in [0.4, 0.5) is 17.1 Å². The van der Waals surface area contributed by atoms with Gasteiger partial charge in [-0.3, -0.25) is 0 Å². The molecule has 0 saturated carbocycles. The molecule has 11 aromatic carbocycles. The van der Waals surface area contributed by atoms with Gasteiger partial charge >= 0.3 is 0 Å². The summed E-state index contributed by atoms with van der Waals surface area (Å²) in [7, 11) is 0. The van der Waals surface area contributed by atoms with Crippen LogP contribution in [0.1, 0.15) is 22.3 Å². The van der Waals surface area contributed by atoms with E-state index in [1.165, 1.54) is 83.1 Å². The zero-order valence-corrected chi connectivity index (χ0v) is 36.4. The highest BCUT2D eigenvalue weighted by Crippen LogP contribution is 2.57. The largest absolute Gasteiger partial charge is 0.310 e. The highest BCUT2D eigenvalue weighted by Gasteiger charge is 2.46. The maximum atomic E-state index is 2.46. The molecule has 0 spiro atoms. The van der Waals surface area contributed by atoms with E-state index in [-0.39, 0.29) is 0 Å². The first-order valence-corrected chi connectivity index (χ1v) is 22.8. The predicted octanol–water partition coefficient (Wildman–Crippen LogP) is 17.3. The lowest BCUT2D eigenvalue weighted by Gasteiger charge is -2.35. The lowest BCUT2D eigenvalue weighted by atomic mass is 9.67. The quantitative estimate of drug-likeness (QED) is 0.140. The van der Waals surface area contributed by atoms with Crippen LogP contribution in [0.15, 0.2) is 273 Å². The summed E-state index contributed by atoms with van der Waals surface area (Å²) >= 11 is 0. The van der Waals surface area contributed by atoms with Crippen molar-refractivity contribution in [3.05, 3.63) is 295 Å². The van der Waals surface area contributed by atoms with Crippen molar-refractivity contribution >= 4 is 27.8 Å². The Morgan fingerprint density at radius 2 is 0.682 bits per heavy atom. The minimum Gasteiger partial charge on any atom is -0.310 e. The van der Waals surface area contributed by atoms with Crippen LogP contribution >= 0.6 is 0 Å². The monoisotopic (exact) mass is 839 g/mol. The molecule has 0 bridgehead atoms. The Labute approximate surface area is 387 Å². The third kappa shape index (κ3) is 6.56. The molecule has 1 nitrogen and oxygen atoms in total. The number of hydrogen-bond donors (Lipinski definition) is 0. The molecular weight excluding hydrogens is 795 g/mol. The van der Waals surface area contributed by atoms with Crippen molar-refractivity contribution in [2.75, 3.05) is 4.90 Å². The van der Waals surface area contributed by atoms with E-state index in [2.05, 4.69) is 278 Å². The Bertz CT molecular complexity index is 3460. The van der Waals surface area contributed by atoms with E-state index in [1.54, 1.807) is 0 Å². The summed E-state index contributed by atoms with van der Waals surface area (Å²) in [5.41, 5.74) is 20.0. The SMILES string of the molecule is c1ccc(-c2ccccc2-c2c(-c3ccccc3)cccc2-c2ccc(N(c3ccc4c(c3)C(c3ccccc3)(c3ccccc3)c3ccccc3-4)c3ccc4ccccc4c3)cc2)cc1. The van der Waals surface area contributed by atoms with Gasteiger partial charge in [0, 0.05) is 17.1 Å². The Hall–Kier alpha value is -8.52. The van der Waals surface area contributed by atoms with Crippen LogP contribution in [0.3, 0.4) is 0 Å². The molecule has 0 unspecified atom stereocenters. The van der Waals surface area contributed by atoms with Gasteiger partial charge in [-0.25, -0.2) is 0 Å². The van der Waals surface area contributed by atoms with Crippen molar-refractivity contribution in [3.8, 4) is 55.6 Å². The molecule has 66 heavy (non-hydrogen) atoms. The lowest BCUT2D eigenvalue weighted by Crippen LogP contribution is -2.28. The predicted molar refractivity (Wildman–Crippen MR) is 278 cm³/mol. The van der Waals surface area contributed by atoms with E-state index in [4.69, 9.17) is 0 Å². The summed E-state index contributed by atoms with van der Waals surface area (Å²) in [6.45, 7) is 0. The van der Waals surface area contributed by atoms with Crippen LogP contribution in [0, 0.1) is 0 Å². The Morgan fingerprint density at radius 3 is 1.33 bits per heavy atom. The summed E-state index contributed by atoms with van der Waals surface area (Å²) in [6, 6.07) is 100. The second kappa shape index (κ2) is 16.6. The standard InChI is InChI=1S/C65H45N/c1-5-21-47(22-6-1)56-30-15-16-32-61(56)64-57(48-23-7-2-8-24-48)33-19-34-58(64)49-37-39-53(40-38-49)66(54-41-36-46-20-13-14-25-50(46)44-54)55-42-43-60-59-31-17-18-35-62(59)65(63(60)45-55,51-26-9-3-10-27-51)52-28-11-4-12-29-52/h1-45H. The first-order valence-electron chi connectivity index (χ1n) is 22.8. The van der Waals surface area contributed by atoms with Gasteiger partial charge < -0.3 is 4.90 Å². The summed E-state index contributed by atoms with van der Waals surface area (Å²) in [4.78, 5) is 2.44. The van der Waals surface area contributed by atoms with Crippen LogP contribution < -0.4 is 4.90 Å². The molecule has 11 aromatic rings. The zero-order chi connectivity index (χ0) is 43.9. The van der Waals surface area contributed by atoms with Crippen molar-refractivity contribution in [1.29, 1.82) is 0 Å². The highest BCUT2D eigenvalue weighted by atomic mass is 15.1. The van der Waals surface area contributed by atoms with Crippen molar-refractivity contribution in [2.45, 2.75) is 5.41 Å². The number of fused-ring (bicyclic) bond motifs is 4. The molecule has 0 aromatic heterocycles. The molecular formula is C65H45N. The highest BCUT2D eigenvalue weighted by molar-refractivity contribution is 6.00. The molecule has 0 heterocycles. The first kappa shape index (κ1) is 39.1. The topological polar surface area (TPSA) is 3.24 Å². The number of benzene rings is 11. The van der Waals surface area contributed by atoms with Crippen molar-refractivity contribution < 1.29 is 0 Å². The maximum absolute atomic E-state index is 2.46. The van der Waals surface area contributed by atoms with Crippen LogP contribution in [0.25, 0.3) is 66.4 Å². The molecule has 0 radical (unpaired) electrons. The molecule has 0 N–H and O–H groups in total. The third-order valence-corrected chi connectivity index (χ3v) is 13.6. The summed E-state index contributed by atoms with van der Waals surface area (Å²) in [5.74, 6) is 0. The first-order chi connectivity index (χ1) is 32.8. The minimum absolute atomic E-state index is 0.514. The van der Waals surface area contributed by atoms with Crippen LogP contribution in [-0.4, -0.2) is 0 Å². The van der Waals surface area contributed by atoms with Gasteiger partial charge in [-0.2, -0.15) is 0 Å². The zero-order valence-electron chi connectivity index (χ0n) is 36.4. The molecule has 1 aliphatic rings. The molecule has 310 valence electrons. The molecule has 0 fully saturated rings. The van der Waals surface area contributed by atoms with Gasteiger partial charge in [0.25, 0.3) is 0 Å². The molecule has 0 amide bonds. The molecule has 1 aliphatic carbocycles. The maximum Gasteiger partial charge on any atom is 0.0714 e.